The zero-order valence-electron chi connectivity index (χ0n) is 14.7. The van der Waals surface area contributed by atoms with Crippen LogP contribution in [0.25, 0.3) is 0 Å². The fourth-order valence-corrected chi connectivity index (χ4v) is 5.15. The molecule has 2 bridgehead atoms. The summed E-state index contributed by atoms with van der Waals surface area (Å²) >= 11 is 0. The highest BCUT2D eigenvalue weighted by atomic mass is 15.2. The fraction of sp³-hybridized carbons (Fsp3) is 0.737. The summed E-state index contributed by atoms with van der Waals surface area (Å²) in [6, 6.07) is 4.96. The van der Waals surface area contributed by atoms with Crippen molar-refractivity contribution in [3.05, 3.63) is 18.3 Å². The minimum atomic E-state index is 0.549. The van der Waals surface area contributed by atoms with Crippen LogP contribution in [0.5, 0.6) is 0 Å². The predicted molar refractivity (Wildman–Crippen MR) is 95.9 cm³/mol. The van der Waals surface area contributed by atoms with Crippen LogP contribution in [0.15, 0.2) is 18.3 Å². The lowest BCUT2D eigenvalue weighted by atomic mass is 9.45. The first-order chi connectivity index (χ1) is 11.1. The van der Waals surface area contributed by atoms with Gasteiger partial charge in [0.1, 0.15) is 5.82 Å². The summed E-state index contributed by atoms with van der Waals surface area (Å²) in [4.78, 5) is 7.04. The summed E-state index contributed by atoms with van der Waals surface area (Å²) < 4.78 is 0. The van der Waals surface area contributed by atoms with Gasteiger partial charge in [0.2, 0.25) is 0 Å². The Labute approximate surface area is 140 Å². The molecule has 4 aliphatic rings. The third-order valence-electron chi connectivity index (χ3n) is 6.91. The summed E-state index contributed by atoms with van der Waals surface area (Å²) in [6.07, 6.45) is 4.68. The lowest BCUT2D eigenvalue weighted by molar-refractivity contribution is -0.105. The molecule has 3 saturated carbocycles. The fourth-order valence-electron chi connectivity index (χ4n) is 5.15. The number of fused-ring (bicyclic) bond motifs is 2. The van der Waals surface area contributed by atoms with Crippen molar-refractivity contribution in [3.8, 4) is 0 Å². The van der Waals surface area contributed by atoms with E-state index in [2.05, 4.69) is 53.4 Å². The van der Waals surface area contributed by atoms with Crippen molar-refractivity contribution < 1.29 is 0 Å². The van der Waals surface area contributed by atoms with Crippen LogP contribution in [0, 0.1) is 23.2 Å². The first-order valence-corrected chi connectivity index (χ1v) is 9.24. The number of hydrogen-bond donors (Lipinski definition) is 2. The van der Waals surface area contributed by atoms with Crippen molar-refractivity contribution in [3.63, 3.8) is 0 Å². The number of anilines is 2. The Hall–Kier alpha value is -1.29. The highest BCUT2D eigenvalue weighted by Crippen LogP contribution is 2.61. The second kappa shape index (κ2) is 5.66. The van der Waals surface area contributed by atoms with E-state index in [0.717, 1.165) is 49.8 Å². The second-order valence-electron chi connectivity index (χ2n) is 8.34. The number of nitrogens with zero attached hydrogens (tertiary/aromatic N) is 2. The SMILES string of the molecule is CC1C(Nc2cc(N3CCNCC3)ccn2)C[C@H]2C[C@@H]1C2(C)C. The maximum absolute atomic E-state index is 4.59. The maximum Gasteiger partial charge on any atom is 0.128 e. The first kappa shape index (κ1) is 15.3. The van der Waals surface area contributed by atoms with Gasteiger partial charge in [-0.25, -0.2) is 4.98 Å². The van der Waals surface area contributed by atoms with Crippen molar-refractivity contribution in [1.82, 2.24) is 10.3 Å². The Balaban J connectivity index is 1.45. The predicted octanol–water partition coefficient (Wildman–Crippen LogP) is 2.97. The van der Waals surface area contributed by atoms with Crippen LogP contribution >= 0.6 is 0 Å². The molecular weight excluding hydrogens is 284 g/mol. The molecule has 3 aliphatic carbocycles. The van der Waals surface area contributed by atoms with E-state index in [-0.39, 0.29) is 0 Å². The molecule has 4 fully saturated rings. The van der Waals surface area contributed by atoms with E-state index < -0.39 is 0 Å². The summed E-state index contributed by atoms with van der Waals surface area (Å²) in [5, 5.41) is 7.17. The Kier molecular flexibility index (Phi) is 3.75. The number of hydrogen-bond acceptors (Lipinski definition) is 4. The van der Waals surface area contributed by atoms with Gasteiger partial charge in [-0.1, -0.05) is 20.8 Å². The van der Waals surface area contributed by atoms with E-state index >= 15 is 0 Å². The molecule has 4 heteroatoms. The summed E-state index contributed by atoms with van der Waals surface area (Å²) in [6.45, 7) is 11.7. The second-order valence-corrected chi connectivity index (χ2v) is 8.34. The standard InChI is InChI=1S/C19H30N4/c1-13-16-10-14(19(16,2)3)11-17(13)22-18-12-15(4-5-21-18)23-8-6-20-7-9-23/h4-5,12-14,16-17,20H,6-11H2,1-3H3,(H,21,22)/t13?,14-,16+,17?/m1/s1. The minimum absolute atomic E-state index is 0.549. The Morgan fingerprint density at radius 1 is 1.26 bits per heavy atom. The van der Waals surface area contributed by atoms with Crippen LogP contribution in [0.3, 0.4) is 0 Å². The molecule has 0 radical (unpaired) electrons. The molecule has 1 aromatic rings. The van der Waals surface area contributed by atoms with E-state index in [1.54, 1.807) is 0 Å². The number of aromatic nitrogens is 1. The Morgan fingerprint density at radius 2 is 2.04 bits per heavy atom. The van der Waals surface area contributed by atoms with Gasteiger partial charge in [-0.3, -0.25) is 0 Å². The minimum Gasteiger partial charge on any atom is -0.369 e. The topological polar surface area (TPSA) is 40.2 Å². The molecule has 2 N–H and O–H groups in total. The molecule has 0 spiro atoms. The van der Waals surface area contributed by atoms with Crippen molar-refractivity contribution in [1.29, 1.82) is 0 Å². The summed E-state index contributed by atoms with van der Waals surface area (Å²) in [5.74, 6) is 3.55. The normalized spacial score (nSPS) is 35.5. The Morgan fingerprint density at radius 3 is 2.74 bits per heavy atom. The van der Waals surface area contributed by atoms with Gasteiger partial charge in [0.25, 0.3) is 0 Å². The monoisotopic (exact) mass is 314 g/mol. The zero-order valence-corrected chi connectivity index (χ0v) is 14.7. The molecule has 1 saturated heterocycles. The third-order valence-corrected chi connectivity index (χ3v) is 6.91. The maximum atomic E-state index is 4.59. The summed E-state index contributed by atoms with van der Waals surface area (Å²) in [5.41, 5.74) is 1.85. The van der Waals surface area contributed by atoms with E-state index in [4.69, 9.17) is 0 Å². The van der Waals surface area contributed by atoms with Gasteiger partial charge in [-0.05, 0) is 42.1 Å². The van der Waals surface area contributed by atoms with Crippen LogP contribution in [-0.4, -0.2) is 37.2 Å². The van der Waals surface area contributed by atoms with Gasteiger partial charge in [-0.15, -0.1) is 0 Å². The van der Waals surface area contributed by atoms with Crippen LogP contribution in [0.1, 0.15) is 33.6 Å². The third kappa shape index (κ3) is 2.61. The molecular formula is C19H30N4. The molecule has 0 amide bonds. The van der Waals surface area contributed by atoms with Crippen molar-refractivity contribution in [2.75, 3.05) is 36.4 Å². The lowest BCUT2D eigenvalue weighted by Gasteiger charge is -2.62. The average Bonchev–Trinajstić information content (AvgIpc) is 2.57. The molecule has 4 atom stereocenters. The van der Waals surface area contributed by atoms with Crippen LogP contribution < -0.4 is 15.5 Å². The molecule has 5 rings (SSSR count). The number of pyridine rings is 1. The van der Waals surface area contributed by atoms with Crippen LogP contribution in [0.4, 0.5) is 11.5 Å². The Bertz CT molecular complexity index is 564. The first-order valence-electron chi connectivity index (χ1n) is 9.24. The smallest absolute Gasteiger partial charge is 0.128 e. The highest BCUT2D eigenvalue weighted by Gasteiger charge is 2.56. The molecule has 2 heterocycles. The van der Waals surface area contributed by atoms with Gasteiger partial charge in [0.05, 0.1) is 0 Å². The van der Waals surface area contributed by atoms with Crippen LogP contribution in [0.2, 0.25) is 0 Å². The van der Waals surface area contributed by atoms with Gasteiger partial charge < -0.3 is 15.5 Å². The van der Waals surface area contributed by atoms with Crippen molar-refractivity contribution in [2.45, 2.75) is 39.7 Å². The van der Waals surface area contributed by atoms with Gasteiger partial charge >= 0.3 is 0 Å². The lowest BCUT2D eigenvalue weighted by Crippen LogP contribution is -2.58. The largest absolute Gasteiger partial charge is 0.369 e. The highest BCUT2D eigenvalue weighted by molar-refractivity contribution is 5.54. The molecule has 2 unspecified atom stereocenters. The van der Waals surface area contributed by atoms with Gasteiger partial charge in [0, 0.05) is 50.2 Å². The number of nitrogens with one attached hydrogen (secondary N) is 2. The number of rotatable bonds is 3. The van der Waals surface area contributed by atoms with Crippen molar-refractivity contribution in [2.24, 2.45) is 23.2 Å². The molecule has 4 nitrogen and oxygen atoms in total. The quantitative estimate of drug-likeness (QED) is 0.900. The van der Waals surface area contributed by atoms with Crippen LogP contribution in [-0.2, 0) is 0 Å². The van der Waals surface area contributed by atoms with E-state index in [9.17, 15) is 0 Å². The molecule has 1 aliphatic heterocycles. The van der Waals surface area contributed by atoms with E-state index in [1.165, 1.54) is 18.5 Å². The molecule has 126 valence electrons. The molecule has 23 heavy (non-hydrogen) atoms. The van der Waals surface area contributed by atoms with Gasteiger partial charge in [-0.2, -0.15) is 0 Å². The summed E-state index contributed by atoms with van der Waals surface area (Å²) in [7, 11) is 0. The molecule has 1 aromatic heterocycles. The molecule has 0 aromatic carbocycles. The average molecular weight is 314 g/mol. The van der Waals surface area contributed by atoms with Gasteiger partial charge in [0.15, 0.2) is 0 Å². The zero-order chi connectivity index (χ0) is 16.0. The van der Waals surface area contributed by atoms with Crippen molar-refractivity contribution >= 4 is 11.5 Å². The van der Waals surface area contributed by atoms with E-state index in [0.29, 0.717) is 11.5 Å². The van der Waals surface area contributed by atoms with E-state index in [1.807, 2.05) is 6.20 Å². The number of piperazine rings is 1.